The Hall–Kier alpha value is -1.94. The summed E-state index contributed by atoms with van der Waals surface area (Å²) in [5, 5.41) is 0.777. The molecule has 4 nitrogen and oxygen atoms in total. The van der Waals surface area contributed by atoms with Crippen LogP contribution in [0.5, 0.6) is 0 Å². The minimum Gasteiger partial charge on any atom is -0.384 e. The van der Waals surface area contributed by atoms with Crippen LogP contribution < -0.4 is 15.5 Å². The molecule has 2 N–H and O–H groups in total. The molecule has 0 radical (unpaired) electrons. The van der Waals surface area contributed by atoms with Crippen molar-refractivity contribution in [1.29, 1.82) is 0 Å². The first-order chi connectivity index (χ1) is 9.72. The summed E-state index contributed by atoms with van der Waals surface area (Å²) in [6.45, 7) is 3.94. The van der Waals surface area contributed by atoms with Gasteiger partial charge in [0, 0.05) is 54.8 Å². The van der Waals surface area contributed by atoms with E-state index in [4.69, 9.17) is 17.3 Å². The van der Waals surface area contributed by atoms with Crippen molar-refractivity contribution < 1.29 is 0 Å². The lowest BCUT2D eigenvalue weighted by atomic mass is 10.2. The molecule has 0 aliphatic carbocycles. The average molecular weight is 289 g/mol. The maximum Gasteiger partial charge on any atom is 0.125 e. The largest absolute Gasteiger partial charge is 0.384 e. The highest BCUT2D eigenvalue weighted by atomic mass is 35.5. The second kappa shape index (κ2) is 5.59. The predicted octanol–water partition coefficient (Wildman–Crippen LogP) is 2.64. The van der Waals surface area contributed by atoms with Gasteiger partial charge in [0.1, 0.15) is 5.82 Å². The maximum atomic E-state index is 5.92. The molecule has 0 atom stereocenters. The van der Waals surface area contributed by atoms with Crippen LogP contribution in [-0.2, 0) is 0 Å². The highest BCUT2D eigenvalue weighted by Gasteiger charge is 2.17. The number of rotatable bonds is 2. The lowest BCUT2D eigenvalue weighted by Gasteiger charge is -2.37. The van der Waals surface area contributed by atoms with Crippen LogP contribution in [0, 0.1) is 0 Å². The van der Waals surface area contributed by atoms with Crippen molar-refractivity contribution in [3.05, 3.63) is 47.6 Å². The molecule has 1 aromatic heterocycles. The standard InChI is InChI=1S/C15H17ClN4/c16-12-1-3-13(4-2-12)19-7-9-20(10-8-19)14-5-6-18-15(17)11-14/h1-6,11H,7-10H2,(H2,17,18). The Morgan fingerprint density at radius 3 is 2.10 bits per heavy atom. The number of aromatic nitrogens is 1. The molecule has 5 heteroatoms. The topological polar surface area (TPSA) is 45.4 Å². The summed E-state index contributed by atoms with van der Waals surface area (Å²) in [6.07, 6.45) is 1.76. The number of nitrogen functional groups attached to an aromatic ring is 1. The molecule has 1 aliphatic heterocycles. The van der Waals surface area contributed by atoms with E-state index < -0.39 is 0 Å². The molecule has 3 rings (SSSR count). The molecular formula is C15H17ClN4. The van der Waals surface area contributed by atoms with Gasteiger partial charge in [0.05, 0.1) is 0 Å². The van der Waals surface area contributed by atoms with E-state index in [0.717, 1.165) is 36.9 Å². The average Bonchev–Trinajstić information content (AvgIpc) is 2.48. The number of nitrogens with two attached hydrogens (primary N) is 1. The molecule has 1 aliphatic rings. The van der Waals surface area contributed by atoms with E-state index in [1.807, 2.05) is 24.3 Å². The van der Waals surface area contributed by atoms with E-state index in [1.165, 1.54) is 5.69 Å². The number of hydrogen-bond donors (Lipinski definition) is 1. The van der Waals surface area contributed by atoms with Crippen molar-refractivity contribution in [2.24, 2.45) is 0 Å². The van der Waals surface area contributed by atoms with Gasteiger partial charge in [-0.3, -0.25) is 0 Å². The zero-order valence-corrected chi connectivity index (χ0v) is 11.9. The Labute approximate surface area is 123 Å². The highest BCUT2D eigenvalue weighted by Crippen LogP contribution is 2.22. The van der Waals surface area contributed by atoms with Gasteiger partial charge in [-0.2, -0.15) is 0 Å². The Morgan fingerprint density at radius 2 is 1.50 bits per heavy atom. The first-order valence-corrected chi connectivity index (χ1v) is 7.07. The molecular weight excluding hydrogens is 272 g/mol. The SMILES string of the molecule is Nc1cc(N2CCN(c3ccc(Cl)cc3)CC2)ccn1. The maximum absolute atomic E-state index is 5.92. The number of halogens is 1. The van der Waals surface area contributed by atoms with Gasteiger partial charge in [-0.15, -0.1) is 0 Å². The molecule has 1 saturated heterocycles. The minimum absolute atomic E-state index is 0.572. The summed E-state index contributed by atoms with van der Waals surface area (Å²) < 4.78 is 0. The quantitative estimate of drug-likeness (QED) is 0.923. The lowest BCUT2D eigenvalue weighted by molar-refractivity contribution is 0.653. The molecule has 1 fully saturated rings. The molecule has 20 heavy (non-hydrogen) atoms. The van der Waals surface area contributed by atoms with Crippen LogP contribution in [0.1, 0.15) is 0 Å². The number of pyridine rings is 1. The third kappa shape index (κ3) is 2.80. The second-order valence-corrected chi connectivity index (χ2v) is 5.33. The summed E-state index contributed by atoms with van der Waals surface area (Å²) in [7, 11) is 0. The summed E-state index contributed by atoms with van der Waals surface area (Å²) in [5.41, 5.74) is 8.11. The highest BCUT2D eigenvalue weighted by molar-refractivity contribution is 6.30. The Balaban J connectivity index is 1.66. The summed E-state index contributed by atoms with van der Waals surface area (Å²) in [6, 6.07) is 12.0. The van der Waals surface area contributed by atoms with Crippen molar-refractivity contribution in [2.75, 3.05) is 41.7 Å². The predicted molar refractivity (Wildman–Crippen MR) is 84.5 cm³/mol. The van der Waals surface area contributed by atoms with Gasteiger partial charge in [0.25, 0.3) is 0 Å². The van der Waals surface area contributed by atoms with Gasteiger partial charge < -0.3 is 15.5 Å². The molecule has 1 aromatic carbocycles. The van der Waals surface area contributed by atoms with Crippen LogP contribution in [0.25, 0.3) is 0 Å². The third-order valence-electron chi connectivity index (χ3n) is 3.60. The van der Waals surface area contributed by atoms with Crippen molar-refractivity contribution in [1.82, 2.24) is 4.98 Å². The fourth-order valence-electron chi connectivity index (χ4n) is 2.51. The Bertz CT molecular complexity index is 577. The number of anilines is 3. The molecule has 0 unspecified atom stereocenters. The van der Waals surface area contributed by atoms with E-state index in [9.17, 15) is 0 Å². The molecule has 104 valence electrons. The van der Waals surface area contributed by atoms with Crippen LogP contribution >= 0.6 is 11.6 Å². The fraction of sp³-hybridized carbons (Fsp3) is 0.267. The first-order valence-electron chi connectivity index (χ1n) is 6.69. The van der Waals surface area contributed by atoms with E-state index >= 15 is 0 Å². The molecule has 0 amide bonds. The molecule has 2 aromatic rings. The van der Waals surface area contributed by atoms with Crippen molar-refractivity contribution in [3.63, 3.8) is 0 Å². The van der Waals surface area contributed by atoms with Crippen molar-refractivity contribution >= 4 is 28.8 Å². The van der Waals surface area contributed by atoms with E-state index in [-0.39, 0.29) is 0 Å². The molecule has 0 spiro atoms. The number of hydrogen-bond acceptors (Lipinski definition) is 4. The Morgan fingerprint density at radius 1 is 0.900 bits per heavy atom. The number of piperazine rings is 1. The minimum atomic E-state index is 0.572. The smallest absolute Gasteiger partial charge is 0.125 e. The van der Waals surface area contributed by atoms with E-state index in [1.54, 1.807) is 6.20 Å². The molecule has 2 heterocycles. The van der Waals surface area contributed by atoms with Crippen molar-refractivity contribution in [3.8, 4) is 0 Å². The lowest BCUT2D eigenvalue weighted by Crippen LogP contribution is -2.46. The van der Waals surface area contributed by atoms with Gasteiger partial charge in [0.2, 0.25) is 0 Å². The number of benzene rings is 1. The van der Waals surface area contributed by atoms with E-state index in [2.05, 4.69) is 26.9 Å². The Kier molecular flexibility index (Phi) is 3.65. The third-order valence-corrected chi connectivity index (χ3v) is 3.85. The summed E-state index contributed by atoms with van der Waals surface area (Å²) in [5.74, 6) is 0.572. The monoisotopic (exact) mass is 288 g/mol. The van der Waals surface area contributed by atoms with Crippen LogP contribution in [0.3, 0.4) is 0 Å². The molecule has 0 bridgehead atoms. The fourth-order valence-corrected chi connectivity index (χ4v) is 2.63. The first kappa shape index (κ1) is 13.1. The van der Waals surface area contributed by atoms with Gasteiger partial charge >= 0.3 is 0 Å². The van der Waals surface area contributed by atoms with Crippen molar-refractivity contribution in [2.45, 2.75) is 0 Å². The van der Waals surface area contributed by atoms with Crippen LogP contribution in [0.15, 0.2) is 42.6 Å². The van der Waals surface area contributed by atoms with Gasteiger partial charge in [-0.25, -0.2) is 4.98 Å². The zero-order chi connectivity index (χ0) is 13.9. The second-order valence-electron chi connectivity index (χ2n) is 4.89. The summed E-state index contributed by atoms with van der Waals surface area (Å²) in [4.78, 5) is 8.74. The molecule has 0 saturated carbocycles. The summed E-state index contributed by atoms with van der Waals surface area (Å²) >= 11 is 5.92. The van der Waals surface area contributed by atoms with E-state index in [0.29, 0.717) is 5.82 Å². The zero-order valence-electron chi connectivity index (χ0n) is 11.2. The van der Waals surface area contributed by atoms with Gasteiger partial charge in [-0.1, -0.05) is 11.6 Å². The van der Waals surface area contributed by atoms with Gasteiger partial charge in [0.15, 0.2) is 0 Å². The number of nitrogens with zero attached hydrogens (tertiary/aromatic N) is 3. The van der Waals surface area contributed by atoms with Crippen LogP contribution in [0.4, 0.5) is 17.2 Å². The van der Waals surface area contributed by atoms with Crippen LogP contribution in [-0.4, -0.2) is 31.2 Å². The van der Waals surface area contributed by atoms with Gasteiger partial charge in [-0.05, 0) is 30.3 Å². The van der Waals surface area contributed by atoms with Crippen LogP contribution in [0.2, 0.25) is 5.02 Å². The normalized spacial score (nSPS) is 15.4.